The first kappa shape index (κ1) is 7.80. The molecule has 0 amide bonds. The SMILES string of the molecule is CSC[C@@](C)(N)C#N. The lowest BCUT2D eigenvalue weighted by Gasteiger charge is -2.11. The molecule has 3 heteroatoms. The van der Waals surface area contributed by atoms with Crippen LogP contribution in [0.25, 0.3) is 0 Å². The van der Waals surface area contributed by atoms with Crippen molar-refractivity contribution >= 4 is 11.8 Å². The zero-order chi connectivity index (χ0) is 6.62. The molecule has 0 radical (unpaired) electrons. The van der Waals surface area contributed by atoms with E-state index >= 15 is 0 Å². The smallest absolute Gasteiger partial charge is 0.110 e. The second-order valence-electron chi connectivity index (χ2n) is 1.96. The van der Waals surface area contributed by atoms with Crippen LogP contribution >= 0.6 is 11.8 Å². The first-order valence-electron chi connectivity index (χ1n) is 2.31. The zero-order valence-electron chi connectivity index (χ0n) is 5.14. The lowest BCUT2D eigenvalue weighted by Crippen LogP contribution is -2.36. The Labute approximate surface area is 54.1 Å². The van der Waals surface area contributed by atoms with Crippen molar-refractivity contribution < 1.29 is 0 Å². The highest BCUT2D eigenvalue weighted by atomic mass is 32.2. The molecule has 0 aromatic rings. The Hall–Kier alpha value is -0.200. The summed E-state index contributed by atoms with van der Waals surface area (Å²) in [6.45, 7) is 1.73. The Morgan fingerprint density at radius 3 is 2.50 bits per heavy atom. The fraction of sp³-hybridized carbons (Fsp3) is 0.800. The third-order valence-corrected chi connectivity index (χ3v) is 1.59. The van der Waals surface area contributed by atoms with Crippen LogP contribution in [-0.4, -0.2) is 17.5 Å². The summed E-state index contributed by atoms with van der Waals surface area (Å²) in [5, 5.41) is 8.34. The number of rotatable bonds is 2. The van der Waals surface area contributed by atoms with Gasteiger partial charge in [0.1, 0.15) is 5.54 Å². The number of hydrogen-bond donors (Lipinski definition) is 1. The van der Waals surface area contributed by atoms with Gasteiger partial charge in [-0.1, -0.05) is 0 Å². The highest BCUT2D eigenvalue weighted by molar-refractivity contribution is 7.98. The molecule has 0 aliphatic rings. The summed E-state index contributed by atoms with van der Waals surface area (Å²) in [5.41, 5.74) is 4.81. The molecule has 0 aromatic heterocycles. The van der Waals surface area contributed by atoms with E-state index in [-0.39, 0.29) is 0 Å². The Kier molecular flexibility index (Phi) is 2.88. The van der Waals surface area contributed by atoms with Crippen LogP contribution in [0.15, 0.2) is 0 Å². The fourth-order valence-electron chi connectivity index (χ4n) is 0.332. The second-order valence-corrected chi connectivity index (χ2v) is 2.83. The number of nitriles is 1. The molecule has 0 fully saturated rings. The van der Waals surface area contributed by atoms with Crippen molar-refractivity contribution in [2.24, 2.45) is 5.73 Å². The average molecular weight is 130 g/mol. The van der Waals surface area contributed by atoms with E-state index in [1.165, 1.54) is 0 Å². The number of nitrogens with zero attached hydrogens (tertiary/aromatic N) is 1. The second kappa shape index (κ2) is 2.95. The largest absolute Gasteiger partial charge is 0.313 e. The molecule has 0 saturated carbocycles. The zero-order valence-corrected chi connectivity index (χ0v) is 5.96. The summed E-state index contributed by atoms with van der Waals surface area (Å²) in [6, 6.07) is 2.00. The van der Waals surface area contributed by atoms with Crippen LogP contribution in [0.2, 0.25) is 0 Å². The van der Waals surface area contributed by atoms with Gasteiger partial charge in [0.05, 0.1) is 6.07 Å². The topological polar surface area (TPSA) is 49.8 Å². The van der Waals surface area contributed by atoms with Crippen LogP contribution in [0, 0.1) is 11.3 Å². The molecule has 0 spiro atoms. The molecule has 0 heterocycles. The van der Waals surface area contributed by atoms with E-state index in [4.69, 9.17) is 11.0 Å². The molecule has 0 aliphatic carbocycles. The van der Waals surface area contributed by atoms with Gasteiger partial charge in [0, 0.05) is 5.75 Å². The summed E-state index contributed by atoms with van der Waals surface area (Å²) in [6.07, 6.45) is 1.93. The van der Waals surface area contributed by atoms with E-state index in [2.05, 4.69) is 0 Å². The quantitative estimate of drug-likeness (QED) is 0.595. The summed E-state index contributed by atoms with van der Waals surface area (Å²) in [7, 11) is 0. The molecule has 2 N–H and O–H groups in total. The van der Waals surface area contributed by atoms with Crippen LogP contribution in [0.1, 0.15) is 6.92 Å². The highest BCUT2D eigenvalue weighted by Gasteiger charge is 2.14. The number of nitrogens with two attached hydrogens (primary N) is 1. The van der Waals surface area contributed by atoms with E-state index < -0.39 is 5.54 Å². The molecule has 0 saturated heterocycles. The van der Waals surface area contributed by atoms with Crippen molar-refractivity contribution in [3.63, 3.8) is 0 Å². The Morgan fingerprint density at radius 2 is 2.38 bits per heavy atom. The van der Waals surface area contributed by atoms with Gasteiger partial charge in [-0.3, -0.25) is 0 Å². The monoisotopic (exact) mass is 130 g/mol. The maximum atomic E-state index is 8.34. The van der Waals surface area contributed by atoms with E-state index in [0.717, 1.165) is 0 Å². The van der Waals surface area contributed by atoms with Crippen molar-refractivity contribution in [3.05, 3.63) is 0 Å². The maximum absolute atomic E-state index is 8.34. The molecule has 0 bridgehead atoms. The van der Waals surface area contributed by atoms with Gasteiger partial charge in [-0.05, 0) is 13.2 Å². The van der Waals surface area contributed by atoms with E-state index in [9.17, 15) is 0 Å². The van der Waals surface area contributed by atoms with Gasteiger partial charge in [-0.15, -0.1) is 0 Å². The van der Waals surface area contributed by atoms with Crippen LogP contribution in [0.3, 0.4) is 0 Å². The van der Waals surface area contributed by atoms with E-state index in [1.807, 2.05) is 12.3 Å². The molecule has 0 aliphatic heterocycles. The van der Waals surface area contributed by atoms with Crippen molar-refractivity contribution in [3.8, 4) is 6.07 Å². The van der Waals surface area contributed by atoms with E-state index in [0.29, 0.717) is 5.75 Å². The van der Waals surface area contributed by atoms with Crippen LogP contribution in [0.5, 0.6) is 0 Å². The summed E-state index contributed by atoms with van der Waals surface area (Å²) < 4.78 is 0. The molecule has 2 nitrogen and oxygen atoms in total. The predicted octanol–water partition coefficient (Wildman–Crippen LogP) is 0.590. The van der Waals surface area contributed by atoms with Gasteiger partial charge in [-0.25, -0.2) is 0 Å². The maximum Gasteiger partial charge on any atom is 0.110 e. The minimum absolute atomic E-state index is 0.639. The van der Waals surface area contributed by atoms with Gasteiger partial charge in [0.2, 0.25) is 0 Å². The van der Waals surface area contributed by atoms with E-state index in [1.54, 1.807) is 18.7 Å². The lowest BCUT2D eigenvalue weighted by atomic mass is 10.1. The van der Waals surface area contributed by atoms with Crippen LogP contribution in [0.4, 0.5) is 0 Å². The minimum Gasteiger partial charge on any atom is -0.313 e. The number of hydrogen-bond acceptors (Lipinski definition) is 3. The van der Waals surface area contributed by atoms with Crippen LogP contribution < -0.4 is 5.73 Å². The average Bonchev–Trinajstić information content (AvgIpc) is 1.67. The first-order valence-corrected chi connectivity index (χ1v) is 3.71. The van der Waals surface area contributed by atoms with Crippen LogP contribution in [-0.2, 0) is 0 Å². The molecular weight excluding hydrogens is 120 g/mol. The summed E-state index contributed by atoms with van der Waals surface area (Å²) in [5.74, 6) is 0.698. The van der Waals surface area contributed by atoms with Gasteiger partial charge in [0.15, 0.2) is 0 Å². The van der Waals surface area contributed by atoms with Crippen molar-refractivity contribution in [2.75, 3.05) is 12.0 Å². The Bertz CT molecular complexity index is 103. The Morgan fingerprint density at radius 1 is 1.88 bits per heavy atom. The molecule has 46 valence electrons. The highest BCUT2D eigenvalue weighted by Crippen LogP contribution is 2.04. The molecule has 1 atom stereocenters. The normalized spacial score (nSPS) is 16.8. The molecule has 0 aromatic carbocycles. The third kappa shape index (κ3) is 2.89. The fourth-order valence-corrected chi connectivity index (χ4v) is 0.996. The molecule has 0 unspecified atom stereocenters. The lowest BCUT2D eigenvalue weighted by molar-refractivity contribution is 0.683. The minimum atomic E-state index is -0.639. The molecule has 0 rings (SSSR count). The molecule has 8 heavy (non-hydrogen) atoms. The number of thioether (sulfide) groups is 1. The first-order chi connectivity index (χ1) is 3.62. The van der Waals surface area contributed by atoms with Crippen molar-refractivity contribution in [2.45, 2.75) is 12.5 Å². The van der Waals surface area contributed by atoms with Gasteiger partial charge in [0.25, 0.3) is 0 Å². The summed E-state index contributed by atoms with van der Waals surface area (Å²) in [4.78, 5) is 0. The van der Waals surface area contributed by atoms with Gasteiger partial charge < -0.3 is 5.73 Å². The predicted molar refractivity (Wildman–Crippen MR) is 36.6 cm³/mol. The standard InChI is InChI=1S/C5H10N2S/c1-5(7,3-6)4-8-2/h4,7H2,1-2H3/t5-/m0/s1. The van der Waals surface area contributed by atoms with Crippen molar-refractivity contribution in [1.82, 2.24) is 0 Å². The van der Waals surface area contributed by atoms with Crippen molar-refractivity contribution in [1.29, 1.82) is 5.26 Å². The summed E-state index contributed by atoms with van der Waals surface area (Å²) >= 11 is 1.59. The Balaban J connectivity index is 3.59. The van der Waals surface area contributed by atoms with Gasteiger partial charge >= 0.3 is 0 Å². The van der Waals surface area contributed by atoms with Gasteiger partial charge in [-0.2, -0.15) is 17.0 Å². The molecular formula is C5H10N2S. The third-order valence-electron chi connectivity index (χ3n) is 0.700.